The molecular formula is C20H21ClN4O2S. The van der Waals surface area contributed by atoms with Gasteiger partial charge in [-0.25, -0.2) is 8.42 Å². The largest absolute Gasteiger partial charge is 0.311 e. The van der Waals surface area contributed by atoms with E-state index in [1.807, 2.05) is 6.92 Å². The lowest BCUT2D eigenvalue weighted by atomic mass is 10.2. The third-order valence-corrected chi connectivity index (χ3v) is 6.63. The first-order valence-electron chi connectivity index (χ1n) is 9.25. The summed E-state index contributed by atoms with van der Waals surface area (Å²) in [6.07, 6.45) is 4.22. The lowest BCUT2D eigenvalue weighted by Crippen LogP contribution is -2.13. The topological polar surface area (TPSA) is 76.9 Å². The van der Waals surface area contributed by atoms with Crippen LogP contribution in [-0.4, -0.2) is 23.2 Å². The van der Waals surface area contributed by atoms with Gasteiger partial charge in [0.2, 0.25) is 0 Å². The molecule has 4 rings (SSSR count). The molecule has 0 aliphatic carbocycles. The van der Waals surface area contributed by atoms with E-state index in [-0.39, 0.29) is 4.90 Å². The van der Waals surface area contributed by atoms with Gasteiger partial charge in [-0.15, -0.1) is 10.2 Å². The Morgan fingerprint density at radius 1 is 1.04 bits per heavy atom. The van der Waals surface area contributed by atoms with Gasteiger partial charge in [-0.1, -0.05) is 35.7 Å². The highest BCUT2D eigenvalue weighted by Gasteiger charge is 2.20. The Kier molecular flexibility index (Phi) is 5.12. The molecule has 1 aliphatic rings. The number of hydrogen-bond acceptors (Lipinski definition) is 4. The molecule has 146 valence electrons. The maximum Gasteiger partial charge on any atom is 0.261 e. The zero-order valence-corrected chi connectivity index (χ0v) is 17.1. The molecule has 1 aromatic heterocycles. The van der Waals surface area contributed by atoms with Gasteiger partial charge in [-0.3, -0.25) is 4.72 Å². The number of rotatable bonds is 4. The second kappa shape index (κ2) is 7.56. The number of fused-ring (bicyclic) bond motifs is 1. The van der Waals surface area contributed by atoms with Crippen molar-refractivity contribution < 1.29 is 8.42 Å². The fraction of sp³-hybridized carbons (Fsp3) is 0.300. The van der Waals surface area contributed by atoms with Gasteiger partial charge in [0, 0.05) is 24.2 Å². The number of nitrogens with zero attached hydrogens (tertiary/aromatic N) is 3. The van der Waals surface area contributed by atoms with Crippen molar-refractivity contribution in [3.05, 3.63) is 58.9 Å². The Morgan fingerprint density at radius 3 is 2.61 bits per heavy atom. The van der Waals surface area contributed by atoms with Crippen LogP contribution in [0.5, 0.6) is 0 Å². The molecule has 0 unspecified atom stereocenters. The number of sulfonamides is 1. The van der Waals surface area contributed by atoms with Crippen LogP contribution in [-0.2, 0) is 23.0 Å². The number of benzene rings is 2. The Balaban J connectivity index is 1.68. The summed E-state index contributed by atoms with van der Waals surface area (Å²) >= 11 is 6.42. The first kappa shape index (κ1) is 19.0. The summed E-state index contributed by atoms with van der Waals surface area (Å²) in [7, 11) is -3.69. The average molecular weight is 417 g/mol. The van der Waals surface area contributed by atoms with Crippen LogP contribution < -0.4 is 4.72 Å². The molecular weight excluding hydrogens is 396 g/mol. The highest BCUT2D eigenvalue weighted by Crippen LogP contribution is 2.32. The minimum absolute atomic E-state index is 0.214. The van der Waals surface area contributed by atoms with Gasteiger partial charge in [-0.05, 0) is 50.1 Å². The van der Waals surface area contributed by atoms with E-state index in [1.165, 1.54) is 0 Å². The predicted octanol–water partition coefficient (Wildman–Crippen LogP) is 4.43. The Bertz CT molecular complexity index is 1110. The summed E-state index contributed by atoms with van der Waals surface area (Å²) in [6.45, 7) is 2.75. The molecule has 1 aliphatic heterocycles. The summed E-state index contributed by atoms with van der Waals surface area (Å²) < 4.78 is 30.1. The predicted molar refractivity (Wildman–Crippen MR) is 110 cm³/mol. The van der Waals surface area contributed by atoms with Crippen LogP contribution in [0.3, 0.4) is 0 Å². The van der Waals surface area contributed by atoms with E-state index >= 15 is 0 Å². The van der Waals surface area contributed by atoms with Crippen LogP contribution in [0.4, 0.5) is 5.69 Å². The maximum absolute atomic E-state index is 12.7. The summed E-state index contributed by atoms with van der Waals surface area (Å²) in [5.41, 5.74) is 2.11. The molecule has 8 heteroatoms. The zero-order valence-electron chi connectivity index (χ0n) is 15.5. The average Bonchev–Trinajstić information content (AvgIpc) is 2.91. The zero-order chi connectivity index (χ0) is 19.7. The van der Waals surface area contributed by atoms with Crippen molar-refractivity contribution in [3.8, 4) is 11.4 Å². The maximum atomic E-state index is 12.7. The van der Waals surface area contributed by atoms with Gasteiger partial charge in [0.15, 0.2) is 5.82 Å². The Morgan fingerprint density at radius 2 is 1.82 bits per heavy atom. The monoisotopic (exact) mass is 416 g/mol. The fourth-order valence-electron chi connectivity index (χ4n) is 3.38. The standard InChI is InChI=1S/C20H21ClN4O2S/c1-14-6-9-16(10-7-14)28(26,27)24-15-8-11-18(21)17(13-15)20-23-22-19-5-3-2-4-12-25(19)20/h6-11,13,24H,2-5,12H2,1H3. The smallest absolute Gasteiger partial charge is 0.261 e. The Hall–Kier alpha value is -2.38. The highest BCUT2D eigenvalue weighted by atomic mass is 35.5. The lowest BCUT2D eigenvalue weighted by Gasteiger charge is -2.12. The molecule has 0 fully saturated rings. The van der Waals surface area contributed by atoms with E-state index in [1.54, 1.807) is 42.5 Å². The molecule has 0 spiro atoms. The summed E-state index contributed by atoms with van der Waals surface area (Å²) in [6, 6.07) is 11.8. The Labute approximate surface area is 169 Å². The van der Waals surface area contributed by atoms with Crippen LogP contribution in [0.15, 0.2) is 47.4 Å². The van der Waals surface area contributed by atoms with Crippen molar-refractivity contribution >= 4 is 27.3 Å². The molecule has 0 amide bonds. The van der Waals surface area contributed by atoms with Crippen LogP contribution in [0.2, 0.25) is 5.02 Å². The van der Waals surface area contributed by atoms with E-state index in [0.717, 1.165) is 43.6 Å². The summed E-state index contributed by atoms with van der Waals surface area (Å²) in [5, 5.41) is 9.15. The van der Waals surface area contributed by atoms with Crippen LogP contribution in [0.1, 0.15) is 30.7 Å². The van der Waals surface area contributed by atoms with Crippen molar-refractivity contribution in [2.75, 3.05) is 4.72 Å². The van der Waals surface area contributed by atoms with Crippen LogP contribution >= 0.6 is 11.6 Å². The molecule has 28 heavy (non-hydrogen) atoms. The van der Waals surface area contributed by atoms with Crippen LogP contribution in [0, 0.1) is 6.92 Å². The van der Waals surface area contributed by atoms with E-state index in [4.69, 9.17) is 11.6 Å². The molecule has 0 bridgehead atoms. The number of anilines is 1. The molecule has 0 atom stereocenters. The van der Waals surface area contributed by atoms with E-state index in [2.05, 4.69) is 19.5 Å². The number of halogens is 1. The van der Waals surface area contributed by atoms with Crippen LogP contribution in [0.25, 0.3) is 11.4 Å². The molecule has 1 N–H and O–H groups in total. The number of aromatic nitrogens is 3. The van der Waals surface area contributed by atoms with Gasteiger partial charge in [0.25, 0.3) is 10.0 Å². The van der Waals surface area contributed by atoms with Crippen molar-refractivity contribution in [1.82, 2.24) is 14.8 Å². The fourth-order valence-corrected chi connectivity index (χ4v) is 4.63. The highest BCUT2D eigenvalue weighted by molar-refractivity contribution is 7.92. The van der Waals surface area contributed by atoms with Crippen molar-refractivity contribution in [1.29, 1.82) is 0 Å². The van der Waals surface area contributed by atoms with E-state index in [9.17, 15) is 8.42 Å². The quantitative estimate of drug-likeness (QED) is 0.682. The van der Waals surface area contributed by atoms with Gasteiger partial charge in [-0.2, -0.15) is 0 Å². The SMILES string of the molecule is Cc1ccc(S(=O)(=O)Nc2ccc(Cl)c(-c3nnc4n3CCCCC4)c2)cc1. The minimum Gasteiger partial charge on any atom is -0.311 e. The minimum atomic E-state index is -3.69. The first-order valence-corrected chi connectivity index (χ1v) is 11.1. The normalized spacial score (nSPS) is 14.4. The second-order valence-electron chi connectivity index (χ2n) is 7.02. The van der Waals surface area contributed by atoms with Gasteiger partial charge < -0.3 is 4.57 Å². The van der Waals surface area contributed by atoms with Gasteiger partial charge in [0.1, 0.15) is 5.82 Å². The summed E-state index contributed by atoms with van der Waals surface area (Å²) in [5.74, 6) is 1.63. The van der Waals surface area contributed by atoms with Crippen molar-refractivity contribution in [2.45, 2.75) is 44.0 Å². The molecule has 2 heterocycles. The molecule has 0 radical (unpaired) electrons. The lowest BCUT2D eigenvalue weighted by molar-refractivity contribution is 0.601. The van der Waals surface area contributed by atoms with Crippen molar-refractivity contribution in [3.63, 3.8) is 0 Å². The molecule has 2 aromatic carbocycles. The van der Waals surface area contributed by atoms with Gasteiger partial charge >= 0.3 is 0 Å². The summed E-state index contributed by atoms with van der Waals surface area (Å²) in [4.78, 5) is 0.214. The van der Waals surface area contributed by atoms with Crippen molar-refractivity contribution in [2.24, 2.45) is 0 Å². The molecule has 3 aromatic rings. The van der Waals surface area contributed by atoms with E-state index in [0.29, 0.717) is 22.1 Å². The molecule has 0 saturated carbocycles. The third kappa shape index (κ3) is 3.77. The van der Waals surface area contributed by atoms with E-state index < -0.39 is 10.0 Å². The third-order valence-electron chi connectivity index (χ3n) is 4.90. The second-order valence-corrected chi connectivity index (χ2v) is 9.10. The molecule has 6 nitrogen and oxygen atoms in total. The number of nitrogens with one attached hydrogen (secondary N) is 1. The van der Waals surface area contributed by atoms with Gasteiger partial charge in [0.05, 0.1) is 9.92 Å². The first-order chi connectivity index (χ1) is 13.4. The number of aryl methyl sites for hydroxylation is 2. The molecule has 0 saturated heterocycles. The number of hydrogen-bond donors (Lipinski definition) is 1.